The second kappa shape index (κ2) is 11.3. The zero-order chi connectivity index (χ0) is 22.9. The summed E-state index contributed by atoms with van der Waals surface area (Å²) in [5.41, 5.74) is 1.30. The SMILES string of the molecule is CC(C)CCOc1ccc(C(=O)N2CCNC(=O)C2CC(=O)OCc2ccccc2)cc1. The average Bonchev–Trinajstić information content (AvgIpc) is 2.79. The number of nitrogens with one attached hydrogen (secondary N) is 1. The van der Waals surface area contributed by atoms with E-state index in [1.54, 1.807) is 24.3 Å². The van der Waals surface area contributed by atoms with Gasteiger partial charge in [0.05, 0.1) is 13.0 Å². The Bertz CT molecular complexity index is 912. The molecule has 7 heteroatoms. The van der Waals surface area contributed by atoms with E-state index in [0.29, 0.717) is 36.9 Å². The number of esters is 1. The molecular weight excluding hydrogens is 408 g/mol. The minimum Gasteiger partial charge on any atom is -0.494 e. The number of nitrogens with zero attached hydrogens (tertiary/aromatic N) is 1. The Morgan fingerprint density at radius 1 is 1.09 bits per heavy atom. The molecule has 0 aliphatic carbocycles. The van der Waals surface area contributed by atoms with Gasteiger partial charge in [-0.2, -0.15) is 0 Å². The number of amides is 2. The van der Waals surface area contributed by atoms with Crippen molar-refractivity contribution in [1.29, 1.82) is 0 Å². The highest BCUT2D eigenvalue weighted by molar-refractivity contribution is 5.99. The van der Waals surface area contributed by atoms with Gasteiger partial charge in [-0.1, -0.05) is 44.2 Å². The summed E-state index contributed by atoms with van der Waals surface area (Å²) in [5, 5.41) is 2.73. The Labute approximate surface area is 188 Å². The molecular formula is C25H30N2O5. The molecule has 1 atom stereocenters. The number of rotatable bonds is 9. The van der Waals surface area contributed by atoms with Crippen molar-refractivity contribution in [3.8, 4) is 5.75 Å². The van der Waals surface area contributed by atoms with Gasteiger partial charge in [0, 0.05) is 18.7 Å². The van der Waals surface area contributed by atoms with Gasteiger partial charge in [-0.25, -0.2) is 0 Å². The van der Waals surface area contributed by atoms with E-state index in [4.69, 9.17) is 9.47 Å². The first-order valence-corrected chi connectivity index (χ1v) is 10.9. The van der Waals surface area contributed by atoms with Gasteiger partial charge in [0.1, 0.15) is 18.4 Å². The highest BCUT2D eigenvalue weighted by Crippen LogP contribution is 2.18. The Balaban J connectivity index is 1.60. The second-order valence-corrected chi connectivity index (χ2v) is 8.21. The van der Waals surface area contributed by atoms with E-state index >= 15 is 0 Å². The summed E-state index contributed by atoms with van der Waals surface area (Å²) in [6.45, 7) is 5.68. The monoisotopic (exact) mass is 438 g/mol. The van der Waals surface area contributed by atoms with Gasteiger partial charge in [0.2, 0.25) is 5.91 Å². The van der Waals surface area contributed by atoms with Crippen LogP contribution in [0.5, 0.6) is 5.75 Å². The topological polar surface area (TPSA) is 84.9 Å². The minimum absolute atomic E-state index is 0.125. The van der Waals surface area contributed by atoms with Crippen LogP contribution >= 0.6 is 0 Å². The lowest BCUT2D eigenvalue weighted by Gasteiger charge is -2.34. The number of carbonyl (C=O) groups excluding carboxylic acids is 3. The molecule has 1 unspecified atom stereocenters. The molecule has 170 valence electrons. The smallest absolute Gasteiger partial charge is 0.308 e. The second-order valence-electron chi connectivity index (χ2n) is 8.21. The van der Waals surface area contributed by atoms with E-state index in [2.05, 4.69) is 19.2 Å². The number of benzene rings is 2. The van der Waals surface area contributed by atoms with Crippen molar-refractivity contribution in [1.82, 2.24) is 10.2 Å². The van der Waals surface area contributed by atoms with Crippen molar-refractivity contribution < 1.29 is 23.9 Å². The van der Waals surface area contributed by atoms with Crippen molar-refractivity contribution in [2.24, 2.45) is 5.92 Å². The number of hydrogen-bond acceptors (Lipinski definition) is 5. The molecule has 1 N–H and O–H groups in total. The van der Waals surface area contributed by atoms with E-state index in [1.807, 2.05) is 30.3 Å². The predicted octanol–water partition coefficient (Wildman–Crippen LogP) is 3.19. The maximum absolute atomic E-state index is 13.1. The van der Waals surface area contributed by atoms with Crippen molar-refractivity contribution >= 4 is 17.8 Å². The number of ether oxygens (including phenoxy) is 2. The minimum atomic E-state index is -0.901. The molecule has 0 bridgehead atoms. The lowest BCUT2D eigenvalue weighted by molar-refractivity contribution is -0.148. The molecule has 1 heterocycles. The number of hydrogen-bond donors (Lipinski definition) is 1. The molecule has 1 aliphatic rings. The van der Waals surface area contributed by atoms with Crippen LogP contribution in [-0.2, 0) is 20.9 Å². The Hall–Kier alpha value is -3.35. The van der Waals surface area contributed by atoms with Crippen LogP contribution in [0.25, 0.3) is 0 Å². The third-order valence-corrected chi connectivity index (χ3v) is 5.26. The fourth-order valence-corrected chi connectivity index (χ4v) is 3.39. The van der Waals surface area contributed by atoms with Gasteiger partial charge in [-0.3, -0.25) is 14.4 Å². The summed E-state index contributed by atoms with van der Waals surface area (Å²) in [6.07, 6.45) is 0.756. The van der Waals surface area contributed by atoms with E-state index in [0.717, 1.165) is 12.0 Å². The number of carbonyl (C=O) groups is 3. The molecule has 32 heavy (non-hydrogen) atoms. The van der Waals surface area contributed by atoms with Crippen LogP contribution in [0.1, 0.15) is 42.6 Å². The molecule has 0 radical (unpaired) electrons. The average molecular weight is 439 g/mol. The van der Waals surface area contributed by atoms with Crippen LogP contribution in [0, 0.1) is 5.92 Å². The Morgan fingerprint density at radius 3 is 2.50 bits per heavy atom. The van der Waals surface area contributed by atoms with Gasteiger partial charge in [0.25, 0.3) is 5.91 Å². The Kier molecular flexibility index (Phi) is 8.25. The molecule has 1 saturated heterocycles. The predicted molar refractivity (Wildman–Crippen MR) is 120 cm³/mol. The van der Waals surface area contributed by atoms with Gasteiger partial charge in [0.15, 0.2) is 0 Å². The molecule has 3 rings (SSSR count). The zero-order valence-corrected chi connectivity index (χ0v) is 18.6. The van der Waals surface area contributed by atoms with Crippen molar-refractivity contribution in [3.05, 3.63) is 65.7 Å². The number of piperazine rings is 1. The molecule has 0 aromatic heterocycles. The van der Waals surface area contributed by atoms with E-state index in [1.165, 1.54) is 4.90 Å². The summed E-state index contributed by atoms with van der Waals surface area (Å²) in [5.74, 6) is 0.0731. The normalized spacial score (nSPS) is 15.9. The molecule has 0 spiro atoms. The summed E-state index contributed by atoms with van der Waals surface area (Å²) in [4.78, 5) is 39.3. The maximum Gasteiger partial charge on any atom is 0.308 e. The quantitative estimate of drug-likeness (QED) is 0.608. The molecule has 1 aliphatic heterocycles. The first kappa shape index (κ1) is 23.3. The van der Waals surface area contributed by atoms with Crippen LogP contribution in [0.3, 0.4) is 0 Å². The molecule has 0 saturated carbocycles. The standard InChI is InChI=1S/C25H30N2O5/c1-18(2)12-15-31-21-10-8-20(9-11-21)25(30)27-14-13-26-24(29)22(27)16-23(28)32-17-19-6-4-3-5-7-19/h3-11,18,22H,12-17H2,1-2H3,(H,26,29). The maximum atomic E-state index is 13.1. The fraction of sp³-hybridized carbons (Fsp3) is 0.400. The molecule has 2 aromatic rings. The summed E-state index contributed by atoms with van der Waals surface area (Å²) in [6, 6.07) is 15.3. The highest BCUT2D eigenvalue weighted by atomic mass is 16.5. The summed E-state index contributed by atoms with van der Waals surface area (Å²) < 4.78 is 11.0. The molecule has 2 aromatic carbocycles. The largest absolute Gasteiger partial charge is 0.494 e. The van der Waals surface area contributed by atoms with Gasteiger partial charge < -0.3 is 19.7 Å². The first-order valence-electron chi connectivity index (χ1n) is 10.9. The van der Waals surface area contributed by atoms with E-state index in [9.17, 15) is 14.4 Å². The molecule has 1 fully saturated rings. The van der Waals surface area contributed by atoms with Gasteiger partial charge in [-0.15, -0.1) is 0 Å². The first-order chi connectivity index (χ1) is 15.4. The summed E-state index contributed by atoms with van der Waals surface area (Å²) >= 11 is 0. The van der Waals surface area contributed by atoms with Crippen LogP contribution < -0.4 is 10.1 Å². The Morgan fingerprint density at radius 2 is 1.81 bits per heavy atom. The fourth-order valence-electron chi connectivity index (χ4n) is 3.39. The van der Waals surface area contributed by atoms with Crippen LogP contribution in [-0.4, -0.2) is 48.4 Å². The third kappa shape index (κ3) is 6.57. The lowest BCUT2D eigenvalue weighted by Crippen LogP contribution is -2.57. The third-order valence-electron chi connectivity index (χ3n) is 5.26. The van der Waals surface area contributed by atoms with Gasteiger partial charge in [-0.05, 0) is 42.2 Å². The molecule has 2 amide bonds. The lowest BCUT2D eigenvalue weighted by atomic mass is 10.1. The molecule has 7 nitrogen and oxygen atoms in total. The van der Waals surface area contributed by atoms with Crippen molar-refractivity contribution in [3.63, 3.8) is 0 Å². The summed E-state index contributed by atoms with van der Waals surface area (Å²) in [7, 11) is 0. The van der Waals surface area contributed by atoms with Gasteiger partial charge >= 0.3 is 5.97 Å². The van der Waals surface area contributed by atoms with Crippen molar-refractivity contribution in [2.45, 2.75) is 39.3 Å². The van der Waals surface area contributed by atoms with E-state index in [-0.39, 0.29) is 24.8 Å². The van der Waals surface area contributed by atoms with Crippen LogP contribution in [0.15, 0.2) is 54.6 Å². The van der Waals surface area contributed by atoms with Crippen LogP contribution in [0.4, 0.5) is 0 Å². The van der Waals surface area contributed by atoms with Crippen molar-refractivity contribution in [2.75, 3.05) is 19.7 Å². The zero-order valence-electron chi connectivity index (χ0n) is 18.6. The van der Waals surface area contributed by atoms with Crippen LogP contribution in [0.2, 0.25) is 0 Å². The highest BCUT2D eigenvalue weighted by Gasteiger charge is 2.35. The van der Waals surface area contributed by atoms with E-state index < -0.39 is 12.0 Å².